The number of benzene rings is 1. The lowest BCUT2D eigenvalue weighted by Gasteiger charge is -2.33. The number of hydrogen-bond donors (Lipinski definition) is 1. The van der Waals surface area contributed by atoms with Crippen molar-refractivity contribution in [2.24, 2.45) is 5.73 Å². The van der Waals surface area contributed by atoms with Crippen molar-refractivity contribution >= 4 is 5.69 Å². The molecule has 0 spiro atoms. The summed E-state index contributed by atoms with van der Waals surface area (Å²) in [5.41, 5.74) is 9.34. The monoisotopic (exact) mass is 296 g/mol. The molecule has 0 amide bonds. The second-order valence-electron chi connectivity index (χ2n) is 6.31. The van der Waals surface area contributed by atoms with Crippen molar-refractivity contribution in [3.8, 4) is 11.3 Å². The van der Waals surface area contributed by atoms with Crippen LogP contribution in [0.3, 0.4) is 0 Å². The van der Waals surface area contributed by atoms with Crippen LogP contribution in [0.15, 0.2) is 36.5 Å². The van der Waals surface area contributed by atoms with Crippen LogP contribution in [0, 0.1) is 0 Å². The maximum absolute atomic E-state index is 6.03. The van der Waals surface area contributed by atoms with Crippen LogP contribution in [0.4, 0.5) is 5.69 Å². The van der Waals surface area contributed by atoms with Gasteiger partial charge in [0, 0.05) is 30.6 Å². The Morgan fingerprint density at radius 1 is 1.14 bits per heavy atom. The van der Waals surface area contributed by atoms with Crippen molar-refractivity contribution in [1.29, 1.82) is 0 Å². The zero-order valence-corrected chi connectivity index (χ0v) is 13.4. The summed E-state index contributed by atoms with van der Waals surface area (Å²) >= 11 is 0. The Bertz CT molecular complexity index is 616. The third-order valence-corrected chi connectivity index (χ3v) is 4.23. The van der Waals surface area contributed by atoms with Crippen LogP contribution in [-0.4, -0.2) is 29.1 Å². The molecule has 0 aliphatic carbocycles. The van der Waals surface area contributed by atoms with Gasteiger partial charge in [0.25, 0.3) is 0 Å². The third-order valence-electron chi connectivity index (χ3n) is 4.23. The van der Waals surface area contributed by atoms with Gasteiger partial charge in [0.1, 0.15) is 5.82 Å². The Morgan fingerprint density at radius 2 is 1.82 bits per heavy atom. The fourth-order valence-electron chi connectivity index (χ4n) is 2.85. The molecule has 22 heavy (non-hydrogen) atoms. The van der Waals surface area contributed by atoms with Crippen molar-refractivity contribution in [3.63, 3.8) is 0 Å². The summed E-state index contributed by atoms with van der Waals surface area (Å²) in [7, 11) is 0. The van der Waals surface area contributed by atoms with E-state index in [0.717, 1.165) is 48.7 Å². The molecule has 0 atom stereocenters. The van der Waals surface area contributed by atoms with Gasteiger partial charge in [0.2, 0.25) is 0 Å². The van der Waals surface area contributed by atoms with Gasteiger partial charge < -0.3 is 10.6 Å². The number of hydrogen-bond acceptors (Lipinski definition) is 4. The van der Waals surface area contributed by atoms with Crippen LogP contribution in [0.5, 0.6) is 0 Å². The average Bonchev–Trinajstić information content (AvgIpc) is 2.56. The van der Waals surface area contributed by atoms with E-state index in [1.165, 1.54) is 0 Å². The molecule has 0 bridgehead atoms. The number of nitrogens with zero attached hydrogens (tertiary/aromatic N) is 3. The van der Waals surface area contributed by atoms with Gasteiger partial charge in [-0.05, 0) is 12.8 Å². The second kappa shape index (κ2) is 6.44. The van der Waals surface area contributed by atoms with Gasteiger partial charge in [0.15, 0.2) is 0 Å². The summed E-state index contributed by atoms with van der Waals surface area (Å²) < 4.78 is 0. The lowest BCUT2D eigenvalue weighted by molar-refractivity contribution is 0.500. The fraction of sp³-hybridized carbons (Fsp3) is 0.444. The zero-order chi connectivity index (χ0) is 15.5. The Morgan fingerprint density at radius 3 is 2.45 bits per heavy atom. The van der Waals surface area contributed by atoms with Crippen LogP contribution in [-0.2, 0) is 0 Å². The SMILES string of the molecule is CC(C)c1ncc(N2CCC(N)CC2)c(-c2ccccc2)n1. The minimum absolute atomic E-state index is 0.325. The number of aromatic nitrogens is 2. The third kappa shape index (κ3) is 3.12. The highest BCUT2D eigenvalue weighted by Crippen LogP contribution is 2.31. The Hall–Kier alpha value is -1.94. The molecular formula is C18H24N4. The summed E-state index contributed by atoms with van der Waals surface area (Å²) in [5, 5.41) is 0. The van der Waals surface area contributed by atoms with E-state index >= 15 is 0 Å². The maximum atomic E-state index is 6.03. The van der Waals surface area contributed by atoms with E-state index in [2.05, 4.69) is 48.0 Å². The quantitative estimate of drug-likeness (QED) is 0.945. The first-order chi connectivity index (χ1) is 10.6. The number of anilines is 1. The van der Waals surface area contributed by atoms with Gasteiger partial charge in [-0.1, -0.05) is 44.2 Å². The largest absolute Gasteiger partial charge is 0.368 e. The highest BCUT2D eigenvalue weighted by Gasteiger charge is 2.21. The minimum Gasteiger partial charge on any atom is -0.368 e. The number of rotatable bonds is 3. The van der Waals surface area contributed by atoms with Crippen molar-refractivity contribution in [3.05, 3.63) is 42.4 Å². The molecule has 1 fully saturated rings. The molecule has 3 rings (SSSR count). The molecule has 2 aromatic rings. The summed E-state index contributed by atoms with van der Waals surface area (Å²) in [6.07, 6.45) is 4.04. The van der Waals surface area contributed by atoms with Crippen LogP contribution < -0.4 is 10.6 Å². The summed E-state index contributed by atoms with van der Waals surface area (Å²) in [6, 6.07) is 10.7. The first-order valence-electron chi connectivity index (χ1n) is 8.08. The van der Waals surface area contributed by atoms with Gasteiger partial charge >= 0.3 is 0 Å². The van der Waals surface area contributed by atoms with Gasteiger partial charge in [-0.25, -0.2) is 9.97 Å². The van der Waals surface area contributed by atoms with Gasteiger partial charge in [-0.15, -0.1) is 0 Å². The molecule has 4 heteroatoms. The summed E-state index contributed by atoms with van der Waals surface area (Å²) in [5.74, 6) is 1.22. The zero-order valence-electron chi connectivity index (χ0n) is 13.4. The fourth-order valence-corrected chi connectivity index (χ4v) is 2.85. The van der Waals surface area contributed by atoms with Gasteiger partial charge in [-0.3, -0.25) is 0 Å². The smallest absolute Gasteiger partial charge is 0.131 e. The van der Waals surface area contributed by atoms with E-state index in [4.69, 9.17) is 10.7 Å². The molecule has 0 unspecified atom stereocenters. The second-order valence-corrected chi connectivity index (χ2v) is 6.31. The summed E-state index contributed by atoms with van der Waals surface area (Å²) in [6.45, 7) is 6.21. The average molecular weight is 296 g/mol. The van der Waals surface area contributed by atoms with Crippen molar-refractivity contribution in [1.82, 2.24) is 9.97 Å². The summed E-state index contributed by atoms with van der Waals surface area (Å²) in [4.78, 5) is 11.8. The highest BCUT2D eigenvalue weighted by molar-refractivity contribution is 5.74. The highest BCUT2D eigenvalue weighted by atomic mass is 15.2. The van der Waals surface area contributed by atoms with Crippen molar-refractivity contribution in [2.75, 3.05) is 18.0 Å². The van der Waals surface area contributed by atoms with Crippen LogP contribution in [0.2, 0.25) is 0 Å². The molecule has 1 aliphatic rings. The minimum atomic E-state index is 0.325. The predicted octanol–water partition coefficient (Wildman–Crippen LogP) is 3.19. The topological polar surface area (TPSA) is 55.0 Å². The maximum Gasteiger partial charge on any atom is 0.131 e. The Kier molecular flexibility index (Phi) is 4.39. The van der Waals surface area contributed by atoms with Crippen LogP contribution in [0.25, 0.3) is 11.3 Å². The molecule has 0 radical (unpaired) electrons. The standard InChI is InChI=1S/C18H24N4/c1-13(2)18-20-12-16(22-10-8-15(19)9-11-22)17(21-18)14-6-4-3-5-7-14/h3-7,12-13,15H,8-11,19H2,1-2H3. The van der Waals surface area contributed by atoms with E-state index in [1.807, 2.05) is 12.3 Å². The molecule has 116 valence electrons. The van der Waals surface area contributed by atoms with E-state index < -0.39 is 0 Å². The molecule has 1 saturated heterocycles. The van der Waals surface area contributed by atoms with E-state index in [0.29, 0.717) is 12.0 Å². The predicted molar refractivity (Wildman–Crippen MR) is 91.0 cm³/mol. The molecule has 4 nitrogen and oxygen atoms in total. The Labute approximate surface area is 132 Å². The van der Waals surface area contributed by atoms with Crippen molar-refractivity contribution < 1.29 is 0 Å². The van der Waals surface area contributed by atoms with E-state index in [-0.39, 0.29) is 0 Å². The number of piperidine rings is 1. The van der Waals surface area contributed by atoms with Crippen LogP contribution >= 0.6 is 0 Å². The van der Waals surface area contributed by atoms with Crippen molar-refractivity contribution in [2.45, 2.75) is 38.6 Å². The van der Waals surface area contributed by atoms with Gasteiger partial charge in [0.05, 0.1) is 17.6 Å². The first-order valence-corrected chi connectivity index (χ1v) is 8.08. The van der Waals surface area contributed by atoms with Gasteiger partial charge in [-0.2, -0.15) is 0 Å². The van der Waals surface area contributed by atoms with Crippen LogP contribution in [0.1, 0.15) is 38.4 Å². The molecular weight excluding hydrogens is 272 g/mol. The molecule has 0 saturated carbocycles. The number of nitrogens with two attached hydrogens (primary N) is 1. The van der Waals surface area contributed by atoms with E-state index in [1.54, 1.807) is 0 Å². The molecule has 2 N–H and O–H groups in total. The lowest BCUT2D eigenvalue weighted by atomic mass is 10.0. The normalized spacial score (nSPS) is 16.3. The first kappa shape index (κ1) is 15.0. The molecule has 1 aromatic carbocycles. The Balaban J connectivity index is 2.02. The van der Waals surface area contributed by atoms with E-state index in [9.17, 15) is 0 Å². The molecule has 1 aliphatic heterocycles. The molecule has 2 heterocycles. The molecule has 1 aromatic heterocycles. The lowest BCUT2D eigenvalue weighted by Crippen LogP contribution is -2.40.